The molecule has 0 fully saturated rings. The summed E-state index contributed by atoms with van der Waals surface area (Å²) in [6.45, 7) is 2.25. The topological polar surface area (TPSA) is 67.4 Å². The maximum absolute atomic E-state index is 12.2. The van der Waals surface area contributed by atoms with Gasteiger partial charge >= 0.3 is 0 Å². The molecule has 0 radical (unpaired) electrons. The molecule has 3 aromatic rings. The van der Waals surface area contributed by atoms with E-state index in [2.05, 4.69) is 10.6 Å². The summed E-state index contributed by atoms with van der Waals surface area (Å²) in [6.07, 6.45) is 0.773. The van der Waals surface area contributed by atoms with Crippen LogP contribution in [0.5, 0.6) is 5.75 Å². The van der Waals surface area contributed by atoms with Crippen molar-refractivity contribution in [3.8, 4) is 5.75 Å². The van der Waals surface area contributed by atoms with Crippen LogP contribution in [0.1, 0.15) is 21.5 Å². The molecule has 154 valence electrons. The molecule has 6 heteroatoms. The second-order valence-corrected chi connectivity index (χ2v) is 7.17. The standard InChI is InChI=1S/C24H23ClN2O3/c1-17-21(25)8-5-9-22(17)27-23(28)16-30-20-12-10-19(11-13-20)24(29)26-15-14-18-6-3-2-4-7-18/h2-13H,14-16H2,1H3,(H,26,29)(H,27,28). The van der Waals surface area contributed by atoms with Crippen LogP contribution in [0.4, 0.5) is 5.69 Å². The number of benzene rings is 3. The van der Waals surface area contributed by atoms with E-state index in [1.54, 1.807) is 42.5 Å². The highest BCUT2D eigenvalue weighted by Gasteiger charge is 2.09. The fourth-order valence-electron chi connectivity index (χ4n) is 2.85. The molecule has 0 aliphatic rings. The fraction of sp³-hybridized carbons (Fsp3) is 0.167. The lowest BCUT2D eigenvalue weighted by atomic mass is 10.1. The van der Waals surface area contributed by atoms with Crippen LogP contribution in [-0.4, -0.2) is 25.0 Å². The number of hydrogen-bond donors (Lipinski definition) is 2. The Morgan fingerprint density at radius 1 is 0.933 bits per heavy atom. The minimum absolute atomic E-state index is 0.144. The lowest BCUT2D eigenvalue weighted by molar-refractivity contribution is -0.118. The number of amides is 2. The van der Waals surface area contributed by atoms with Crippen molar-refractivity contribution in [3.63, 3.8) is 0 Å². The Morgan fingerprint density at radius 3 is 2.40 bits per heavy atom. The van der Waals surface area contributed by atoms with Gasteiger partial charge in [0.15, 0.2) is 6.61 Å². The molecular weight excluding hydrogens is 400 g/mol. The van der Waals surface area contributed by atoms with Gasteiger partial charge in [-0.15, -0.1) is 0 Å². The summed E-state index contributed by atoms with van der Waals surface area (Å²) < 4.78 is 5.51. The van der Waals surface area contributed by atoms with E-state index in [4.69, 9.17) is 16.3 Å². The van der Waals surface area contributed by atoms with Crippen LogP contribution >= 0.6 is 11.6 Å². The zero-order valence-corrected chi connectivity index (χ0v) is 17.4. The first kappa shape index (κ1) is 21.4. The van der Waals surface area contributed by atoms with Crippen LogP contribution in [0, 0.1) is 6.92 Å². The predicted molar refractivity (Wildman–Crippen MR) is 119 cm³/mol. The molecule has 0 saturated carbocycles. The van der Waals surface area contributed by atoms with E-state index in [1.807, 2.05) is 37.3 Å². The summed E-state index contributed by atoms with van der Waals surface area (Å²) in [6, 6.07) is 22.0. The van der Waals surface area contributed by atoms with Crippen molar-refractivity contribution in [1.82, 2.24) is 5.32 Å². The maximum Gasteiger partial charge on any atom is 0.262 e. The predicted octanol–water partition coefficient (Wildman–Crippen LogP) is 4.64. The van der Waals surface area contributed by atoms with Gasteiger partial charge in [0.25, 0.3) is 11.8 Å². The number of nitrogens with one attached hydrogen (secondary N) is 2. The Hall–Kier alpha value is -3.31. The molecule has 0 unspecified atom stereocenters. The SMILES string of the molecule is Cc1c(Cl)cccc1NC(=O)COc1ccc(C(=O)NCCc2ccccc2)cc1. The molecule has 0 aliphatic heterocycles. The second-order valence-electron chi connectivity index (χ2n) is 6.77. The van der Waals surface area contributed by atoms with Crippen molar-refractivity contribution in [2.24, 2.45) is 0 Å². The monoisotopic (exact) mass is 422 g/mol. The molecule has 0 aliphatic carbocycles. The third-order valence-electron chi connectivity index (χ3n) is 4.57. The summed E-state index contributed by atoms with van der Waals surface area (Å²) in [5.74, 6) is 0.0727. The van der Waals surface area contributed by atoms with Crippen LogP contribution in [0.2, 0.25) is 5.02 Å². The Morgan fingerprint density at radius 2 is 1.67 bits per heavy atom. The van der Waals surface area contributed by atoms with E-state index in [0.717, 1.165) is 12.0 Å². The number of halogens is 1. The van der Waals surface area contributed by atoms with Gasteiger partial charge in [-0.25, -0.2) is 0 Å². The minimum Gasteiger partial charge on any atom is -0.484 e. The number of ether oxygens (including phenoxy) is 1. The summed E-state index contributed by atoms with van der Waals surface area (Å²) in [4.78, 5) is 24.4. The zero-order chi connectivity index (χ0) is 21.3. The van der Waals surface area contributed by atoms with Gasteiger partial charge in [-0.3, -0.25) is 9.59 Å². The van der Waals surface area contributed by atoms with Crippen molar-refractivity contribution in [1.29, 1.82) is 0 Å². The van der Waals surface area contributed by atoms with Crippen molar-refractivity contribution in [2.75, 3.05) is 18.5 Å². The van der Waals surface area contributed by atoms with E-state index >= 15 is 0 Å². The first-order valence-corrected chi connectivity index (χ1v) is 10.0. The average Bonchev–Trinajstić information content (AvgIpc) is 2.76. The quantitative estimate of drug-likeness (QED) is 0.555. The Bertz CT molecular complexity index is 1000. The number of carbonyl (C=O) groups is 2. The fourth-order valence-corrected chi connectivity index (χ4v) is 3.02. The Labute approximate surface area is 181 Å². The van der Waals surface area contributed by atoms with E-state index in [-0.39, 0.29) is 18.4 Å². The normalized spacial score (nSPS) is 10.3. The summed E-state index contributed by atoms with van der Waals surface area (Å²) in [5, 5.41) is 6.26. The lowest BCUT2D eigenvalue weighted by Crippen LogP contribution is -2.25. The minimum atomic E-state index is -0.289. The van der Waals surface area contributed by atoms with E-state index < -0.39 is 0 Å². The Kier molecular flexibility index (Phi) is 7.46. The van der Waals surface area contributed by atoms with Gasteiger partial charge in [0.1, 0.15) is 5.75 Å². The molecule has 0 heterocycles. The van der Waals surface area contributed by atoms with E-state index in [1.165, 1.54) is 5.56 Å². The van der Waals surface area contributed by atoms with Crippen LogP contribution in [0.3, 0.4) is 0 Å². The van der Waals surface area contributed by atoms with Gasteiger partial charge < -0.3 is 15.4 Å². The van der Waals surface area contributed by atoms with Crippen LogP contribution < -0.4 is 15.4 Å². The molecule has 30 heavy (non-hydrogen) atoms. The molecule has 0 aromatic heterocycles. The molecule has 3 aromatic carbocycles. The van der Waals surface area contributed by atoms with Crippen molar-refractivity contribution >= 4 is 29.1 Å². The summed E-state index contributed by atoms with van der Waals surface area (Å²) in [7, 11) is 0. The number of rotatable bonds is 8. The average molecular weight is 423 g/mol. The molecule has 3 rings (SSSR count). The smallest absolute Gasteiger partial charge is 0.262 e. The molecule has 0 saturated heterocycles. The molecule has 2 amide bonds. The zero-order valence-electron chi connectivity index (χ0n) is 16.7. The number of hydrogen-bond acceptors (Lipinski definition) is 3. The third kappa shape index (κ3) is 6.09. The maximum atomic E-state index is 12.2. The second kappa shape index (κ2) is 10.5. The van der Waals surface area contributed by atoms with Gasteiger partial charge in [-0.1, -0.05) is 48.0 Å². The van der Waals surface area contributed by atoms with Crippen molar-refractivity contribution in [3.05, 3.63) is 94.5 Å². The van der Waals surface area contributed by atoms with E-state index in [0.29, 0.717) is 28.6 Å². The lowest BCUT2D eigenvalue weighted by Gasteiger charge is -2.11. The molecule has 2 N–H and O–H groups in total. The molecule has 5 nitrogen and oxygen atoms in total. The van der Waals surface area contributed by atoms with E-state index in [9.17, 15) is 9.59 Å². The largest absolute Gasteiger partial charge is 0.484 e. The first-order chi connectivity index (χ1) is 14.5. The molecule has 0 bridgehead atoms. The highest BCUT2D eigenvalue weighted by atomic mass is 35.5. The highest BCUT2D eigenvalue weighted by Crippen LogP contribution is 2.22. The molecule has 0 spiro atoms. The van der Waals surface area contributed by atoms with Gasteiger partial charge in [0, 0.05) is 22.8 Å². The van der Waals surface area contributed by atoms with Crippen molar-refractivity contribution < 1.29 is 14.3 Å². The van der Waals surface area contributed by atoms with Crippen LogP contribution in [0.15, 0.2) is 72.8 Å². The first-order valence-electron chi connectivity index (χ1n) is 9.63. The summed E-state index contributed by atoms with van der Waals surface area (Å²) >= 11 is 6.06. The molecule has 0 atom stereocenters. The Balaban J connectivity index is 1.45. The molecular formula is C24H23ClN2O3. The van der Waals surface area contributed by atoms with Crippen molar-refractivity contribution in [2.45, 2.75) is 13.3 Å². The number of carbonyl (C=O) groups excluding carboxylic acids is 2. The third-order valence-corrected chi connectivity index (χ3v) is 4.98. The number of anilines is 1. The van der Waals surface area contributed by atoms with Gasteiger partial charge in [0.05, 0.1) is 0 Å². The van der Waals surface area contributed by atoms with Gasteiger partial charge in [-0.05, 0) is 60.9 Å². The summed E-state index contributed by atoms with van der Waals surface area (Å²) in [5.41, 5.74) is 3.16. The van der Waals surface area contributed by atoms with Gasteiger partial charge in [-0.2, -0.15) is 0 Å². The van der Waals surface area contributed by atoms with Crippen LogP contribution in [-0.2, 0) is 11.2 Å². The highest BCUT2D eigenvalue weighted by molar-refractivity contribution is 6.31. The van der Waals surface area contributed by atoms with Crippen LogP contribution in [0.25, 0.3) is 0 Å². The van der Waals surface area contributed by atoms with Gasteiger partial charge in [0.2, 0.25) is 0 Å².